The Morgan fingerprint density at radius 1 is 1.07 bits per heavy atom. The molecule has 0 bridgehead atoms. The molecule has 2 aromatic heterocycles. The molecule has 148 valence electrons. The van der Waals surface area contributed by atoms with E-state index >= 15 is 0 Å². The second-order valence-electron chi connectivity index (χ2n) is 6.86. The number of aryl methyl sites for hydroxylation is 3. The summed E-state index contributed by atoms with van der Waals surface area (Å²) in [5.74, 6) is 1.49. The molecule has 5 nitrogen and oxygen atoms in total. The number of anilines is 1. The van der Waals surface area contributed by atoms with Gasteiger partial charge in [-0.1, -0.05) is 41.9 Å². The first-order valence-corrected chi connectivity index (χ1v) is 10.1. The third-order valence-corrected chi connectivity index (χ3v) is 5.35. The number of hydrogen-bond donors (Lipinski definition) is 1. The van der Waals surface area contributed by atoms with Crippen LogP contribution in [0.2, 0.25) is 10.3 Å². The largest absolute Gasteiger partial charge is 0.365 e. The van der Waals surface area contributed by atoms with Crippen LogP contribution in [0.5, 0.6) is 0 Å². The molecule has 0 unspecified atom stereocenters. The summed E-state index contributed by atoms with van der Waals surface area (Å²) in [4.78, 5) is 8.92. The smallest absolute Gasteiger partial charge is 0.224 e. The number of aromatic nitrogens is 3. The average Bonchev–Trinajstić information content (AvgIpc) is 3.03. The lowest BCUT2D eigenvalue weighted by Gasteiger charge is -2.15. The van der Waals surface area contributed by atoms with Gasteiger partial charge >= 0.3 is 0 Å². The van der Waals surface area contributed by atoms with Gasteiger partial charge in [-0.05, 0) is 66.8 Å². The van der Waals surface area contributed by atoms with E-state index in [-0.39, 0.29) is 5.28 Å². The van der Waals surface area contributed by atoms with Crippen LogP contribution in [0.3, 0.4) is 0 Å². The highest BCUT2D eigenvalue weighted by atomic mass is 35.5. The number of rotatable bonds is 5. The van der Waals surface area contributed by atoms with Crippen LogP contribution in [0.15, 0.2) is 40.9 Å². The van der Waals surface area contributed by atoms with Gasteiger partial charge in [0.05, 0.1) is 11.2 Å². The maximum absolute atomic E-state index is 6.21. The Morgan fingerprint density at radius 2 is 1.90 bits per heavy atom. The number of fused-ring (bicyclic) bond motifs is 1. The van der Waals surface area contributed by atoms with Gasteiger partial charge in [0.15, 0.2) is 0 Å². The van der Waals surface area contributed by atoms with Gasteiger partial charge in [-0.3, -0.25) is 0 Å². The van der Waals surface area contributed by atoms with Crippen LogP contribution in [0.1, 0.15) is 29.5 Å². The first-order chi connectivity index (χ1) is 14.0. The fourth-order valence-electron chi connectivity index (χ4n) is 3.70. The van der Waals surface area contributed by atoms with Gasteiger partial charge in [-0.2, -0.15) is 0 Å². The summed E-state index contributed by atoms with van der Waals surface area (Å²) < 4.78 is 5.40. The summed E-state index contributed by atoms with van der Waals surface area (Å²) in [6.45, 7) is 6.56. The highest BCUT2D eigenvalue weighted by Crippen LogP contribution is 2.37. The van der Waals surface area contributed by atoms with Crippen LogP contribution in [-0.4, -0.2) is 15.1 Å². The van der Waals surface area contributed by atoms with Crippen LogP contribution < -0.4 is 5.32 Å². The summed E-state index contributed by atoms with van der Waals surface area (Å²) >= 11 is 12.3. The highest BCUT2D eigenvalue weighted by Gasteiger charge is 2.19. The van der Waals surface area contributed by atoms with Gasteiger partial charge in [0.2, 0.25) is 5.28 Å². The summed E-state index contributed by atoms with van der Waals surface area (Å²) in [5, 5.41) is 9.39. The van der Waals surface area contributed by atoms with Crippen LogP contribution >= 0.6 is 23.2 Å². The lowest BCUT2D eigenvalue weighted by molar-refractivity contribution is 0.393. The van der Waals surface area contributed by atoms with Crippen molar-refractivity contribution in [1.29, 1.82) is 0 Å². The van der Waals surface area contributed by atoms with Crippen molar-refractivity contribution in [3.63, 3.8) is 0 Å². The highest BCUT2D eigenvalue weighted by molar-refractivity contribution is 6.30. The fourth-order valence-corrected chi connectivity index (χ4v) is 4.08. The first kappa shape index (κ1) is 19.7. The zero-order chi connectivity index (χ0) is 20.5. The molecular formula is C22H20Cl2N4O. The third-order valence-electron chi connectivity index (χ3n) is 4.95. The second kappa shape index (κ2) is 8.01. The maximum atomic E-state index is 6.21. The first-order valence-electron chi connectivity index (χ1n) is 9.38. The molecule has 0 aliphatic heterocycles. The molecule has 2 aromatic carbocycles. The standard InChI is InChI=1S/C22H20Cl2N4O/c1-4-16-17(19-12(2)28-29-13(19)3)8-9-18-20(16)21(27-22(24)26-18)25-11-14-6-5-7-15(23)10-14/h5-10H,4,11H2,1-3H3,(H,25,26,27). The van der Waals surface area contributed by atoms with E-state index in [1.165, 1.54) is 0 Å². The molecule has 0 radical (unpaired) electrons. The summed E-state index contributed by atoms with van der Waals surface area (Å²) in [7, 11) is 0. The van der Waals surface area contributed by atoms with Gasteiger partial charge in [-0.25, -0.2) is 9.97 Å². The molecule has 4 rings (SSSR count). The number of nitrogens with one attached hydrogen (secondary N) is 1. The summed E-state index contributed by atoms with van der Waals surface area (Å²) in [6, 6.07) is 11.7. The molecule has 4 aromatic rings. The fraction of sp³-hybridized carbons (Fsp3) is 0.227. The predicted octanol–water partition coefficient (Wildman–Crippen LogP) is 6.38. The molecule has 2 heterocycles. The molecule has 0 saturated heterocycles. The molecule has 1 N–H and O–H groups in total. The normalized spacial score (nSPS) is 11.2. The zero-order valence-electron chi connectivity index (χ0n) is 16.4. The van der Waals surface area contributed by atoms with E-state index in [9.17, 15) is 0 Å². The van der Waals surface area contributed by atoms with Crippen molar-refractivity contribution in [2.75, 3.05) is 5.32 Å². The molecule has 0 atom stereocenters. The van der Waals surface area contributed by atoms with Crippen LogP contribution in [0.4, 0.5) is 5.82 Å². The Labute approximate surface area is 179 Å². The Kier molecular flexibility index (Phi) is 5.43. The van der Waals surface area contributed by atoms with E-state index in [2.05, 4.69) is 33.4 Å². The molecule has 0 aliphatic carbocycles. The molecule has 0 fully saturated rings. The van der Waals surface area contributed by atoms with Crippen molar-refractivity contribution in [1.82, 2.24) is 15.1 Å². The van der Waals surface area contributed by atoms with Gasteiger partial charge < -0.3 is 9.84 Å². The van der Waals surface area contributed by atoms with Gasteiger partial charge in [-0.15, -0.1) is 0 Å². The van der Waals surface area contributed by atoms with Crippen molar-refractivity contribution in [3.05, 3.63) is 69.3 Å². The number of benzene rings is 2. The lowest BCUT2D eigenvalue weighted by atomic mass is 9.93. The van der Waals surface area contributed by atoms with E-state index in [0.29, 0.717) is 17.4 Å². The minimum Gasteiger partial charge on any atom is -0.365 e. The summed E-state index contributed by atoms with van der Waals surface area (Å²) in [5.41, 5.74) is 5.93. The zero-order valence-corrected chi connectivity index (χ0v) is 17.9. The van der Waals surface area contributed by atoms with Crippen molar-refractivity contribution in [2.45, 2.75) is 33.7 Å². The van der Waals surface area contributed by atoms with Crippen molar-refractivity contribution in [3.8, 4) is 11.1 Å². The Morgan fingerprint density at radius 3 is 2.59 bits per heavy atom. The summed E-state index contributed by atoms with van der Waals surface area (Å²) in [6.07, 6.45) is 0.799. The molecular weight excluding hydrogens is 407 g/mol. The molecule has 0 saturated carbocycles. The monoisotopic (exact) mass is 426 g/mol. The topological polar surface area (TPSA) is 63.8 Å². The van der Waals surface area contributed by atoms with Crippen LogP contribution in [0, 0.1) is 13.8 Å². The SMILES string of the molecule is CCc1c(-c2c(C)noc2C)ccc2nc(Cl)nc(NCc3cccc(Cl)c3)c12. The van der Waals surface area contributed by atoms with Gasteiger partial charge in [0.25, 0.3) is 0 Å². The minimum atomic E-state index is 0.207. The minimum absolute atomic E-state index is 0.207. The van der Waals surface area contributed by atoms with Gasteiger partial charge in [0, 0.05) is 22.5 Å². The van der Waals surface area contributed by atoms with Crippen molar-refractivity contribution < 1.29 is 4.52 Å². The van der Waals surface area contributed by atoms with Gasteiger partial charge in [0.1, 0.15) is 11.6 Å². The number of nitrogens with zero attached hydrogens (tertiary/aromatic N) is 3. The van der Waals surface area contributed by atoms with Crippen LogP contribution in [0.25, 0.3) is 22.0 Å². The maximum Gasteiger partial charge on any atom is 0.224 e. The molecule has 7 heteroatoms. The second-order valence-corrected chi connectivity index (χ2v) is 7.64. The quantitative estimate of drug-likeness (QED) is 0.374. The Balaban J connectivity index is 1.86. The van der Waals surface area contributed by atoms with E-state index < -0.39 is 0 Å². The van der Waals surface area contributed by atoms with E-state index in [4.69, 9.17) is 27.7 Å². The lowest BCUT2D eigenvalue weighted by Crippen LogP contribution is -2.05. The molecule has 0 spiro atoms. The number of halogens is 2. The number of hydrogen-bond acceptors (Lipinski definition) is 5. The van der Waals surface area contributed by atoms with Crippen LogP contribution in [-0.2, 0) is 13.0 Å². The van der Waals surface area contributed by atoms with E-state index in [1.54, 1.807) is 0 Å². The molecule has 0 aliphatic rings. The molecule has 29 heavy (non-hydrogen) atoms. The molecule has 0 amide bonds. The third kappa shape index (κ3) is 3.80. The average molecular weight is 427 g/mol. The van der Waals surface area contributed by atoms with Crippen molar-refractivity contribution in [2.24, 2.45) is 0 Å². The Hall–Kier alpha value is -2.63. The van der Waals surface area contributed by atoms with E-state index in [0.717, 1.165) is 51.0 Å². The van der Waals surface area contributed by atoms with Crippen molar-refractivity contribution >= 4 is 39.9 Å². The predicted molar refractivity (Wildman–Crippen MR) is 118 cm³/mol. The van der Waals surface area contributed by atoms with E-state index in [1.807, 2.05) is 44.2 Å². The Bertz CT molecular complexity index is 1180.